The molecule has 0 spiro atoms. The number of halogens is 3. The molecule has 2 amide bonds. The van der Waals surface area contributed by atoms with E-state index < -0.39 is 47.9 Å². The number of imide groups is 1. The maximum atomic E-state index is 14.0. The van der Waals surface area contributed by atoms with Gasteiger partial charge in [-0.2, -0.15) is 13.2 Å². The van der Waals surface area contributed by atoms with E-state index in [4.69, 9.17) is 0 Å². The molecule has 3 aromatic rings. The van der Waals surface area contributed by atoms with Gasteiger partial charge in [-0.1, -0.05) is 73.7 Å². The number of rotatable bonds is 5. The molecule has 44 heavy (non-hydrogen) atoms. The number of carbonyl (C=O) groups excluding carboxylic acids is 2. The molecule has 0 aromatic heterocycles. The summed E-state index contributed by atoms with van der Waals surface area (Å²) in [6.45, 7) is 1.90. The summed E-state index contributed by atoms with van der Waals surface area (Å²) in [6, 6.07) is 22.8. The van der Waals surface area contributed by atoms with E-state index in [-0.39, 0.29) is 30.8 Å². The highest BCUT2D eigenvalue weighted by atomic mass is 19.4. The van der Waals surface area contributed by atoms with Gasteiger partial charge in [-0.3, -0.25) is 14.5 Å². The normalized spacial score (nSPS) is 26.5. The molecule has 1 aliphatic carbocycles. The second-order valence-electron chi connectivity index (χ2n) is 12.0. The number of hydrogen-bond acceptors (Lipinski definition) is 6. The number of alkyl halides is 3. The van der Waals surface area contributed by atoms with Crippen molar-refractivity contribution in [2.45, 2.75) is 44.0 Å². The topological polar surface area (TPSA) is 95.9 Å². The van der Waals surface area contributed by atoms with Crippen LogP contribution in [0.4, 0.5) is 13.2 Å². The summed E-state index contributed by atoms with van der Waals surface area (Å²) in [4.78, 5) is 28.1. The number of aliphatic hydroxyl groups is 1. The molecule has 3 heterocycles. The molecule has 1 fully saturated rings. The fourth-order valence-corrected chi connectivity index (χ4v) is 7.38. The van der Waals surface area contributed by atoms with Gasteiger partial charge in [0, 0.05) is 48.3 Å². The number of nitrogens with one attached hydrogen (secondary N) is 1. The van der Waals surface area contributed by atoms with Crippen LogP contribution in [0.2, 0.25) is 0 Å². The lowest BCUT2D eigenvalue weighted by Crippen LogP contribution is -2.59. The second-order valence-corrected chi connectivity index (χ2v) is 12.0. The predicted molar refractivity (Wildman–Crippen MR) is 157 cm³/mol. The van der Waals surface area contributed by atoms with Gasteiger partial charge in [0.05, 0.1) is 29.2 Å². The van der Waals surface area contributed by atoms with Crippen LogP contribution in [0, 0.1) is 17.0 Å². The van der Waals surface area contributed by atoms with Gasteiger partial charge in [0.2, 0.25) is 0 Å². The molecule has 4 aliphatic rings. The van der Waals surface area contributed by atoms with Gasteiger partial charge in [-0.15, -0.1) is 0 Å². The minimum Gasteiger partial charge on any atom is -0.754 e. The summed E-state index contributed by atoms with van der Waals surface area (Å²) in [7, 11) is 0. The summed E-state index contributed by atoms with van der Waals surface area (Å²) < 4.78 is 40.3. The van der Waals surface area contributed by atoms with Crippen molar-refractivity contribution >= 4 is 23.1 Å². The van der Waals surface area contributed by atoms with E-state index in [1.807, 2.05) is 19.1 Å². The Morgan fingerprint density at radius 3 is 2.07 bits per heavy atom. The highest BCUT2D eigenvalue weighted by Crippen LogP contribution is 2.52. The molecule has 0 bridgehead atoms. The van der Waals surface area contributed by atoms with Crippen LogP contribution >= 0.6 is 0 Å². The summed E-state index contributed by atoms with van der Waals surface area (Å²) in [5.74, 6) is -2.22. The molecule has 7 nitrogen and oxygen atoms in total. The van der Waals surface area contributed by atoms with Crippen LogP contribution in [0.15, 0.2) is 90.3 Å². The molecule has 1 saturated carbocycles. The third-order valence-corrected chi connectivity index (χ3v) is 9.37. The Kier molecular flexibility index (Phi) is 6.49. The second kappa shape index (κ2) is 10.1. The van der Waals surface area contributed by atoms with Gasteiger partial charge in [-0.05, 0) is 34.4 Å². The molecule has 2 atom stereocenters. The Balaban J connectivity index is 1.30. The minimum atomic E-state index is -4.42. The van der Waals surface area contributed by atoms with Gasteiger partial charge in [0.25, 0.3) is 11.8 Å². The number of fused-ring (bicyclic) bond motifs is 1. The standard InChI is InChI=1S/C34H29F3N3O4/c1-19-27(29(21-7-3-2-4-8-21)40(44)30-22(15-34(35,36)37)18-38-28(19)30)20-11-13-23(14-12-20)33(16-24(41)17-33)39-31(42)25-9-5-6-10-26(25)32(39)43/h2-14,19,22,24,38,41H,15-18H2,1H3/q-1. The van der Waals surface area contributed by atoms with Crippen molar-refractivity contribution < 1.29 is 27.9 Å². The van der Waals surface area contributed by atoms with Crippen LogP contribution in [-0.2, 0) is 5.54 Å². The molecule has 2 N–H and O–H groups in total. The summed E-state index contributed by atoms with van der Waals surface area (Å²) in [6.07, 6.45) is -5.80. The molecular formula is C34H29F3N3O4-. The third-order valence-electron chi connectivity index (χ3n) is 9.37. The number of aliphatic hydroxyl groups excluding tert-OH is 1. The molecule has 0 radical (unpaired) electrons. The van der Waals surface area contributed by atoms with Gasteiger partial charge in [0.1, 0.15) is 0 Å². The SMILES string of the molecule is CC1C2=C(C(CC(F)(F)F)CN2)N([O-])C(c2ccccc2)=C1c1ccc(C2(N3C(=O)c4ccccc4C3=O)CC(O)C2)cc1. The number of carbonyl (C=O) groups is 2. The van der Waals surface area contributed by atoms with Crippen molar-refractivity contribution in [2.24, 2.45) is 11.8 Å². The van der Waals surface area contributed by atoms with Crippen molar-refractivity contribution in [1.29, 1.82) is 0 Å². The van der Waals surface area contributed by atoms with Crippen molar-refractivity contribution in [3.05, 3.63) is 123 Å². The van der Waals surface area contributed by atoms with Crippen LogP contribution in [0.1, 0.15) is 63.6 Å². The number of amides is 2. The molecule has 0 saturated heterocycles. The lowest BCUT2D eigenvalue weighted by molar-refractivity contribution is -0.141. The van der Waals surface area contributed by atoms with Crippen LogP contribution < -0.4 is 5.32 Å². The molecule has 2 unspecified atom stereocenters. The van der Waals surface area contributed by atoms with Gasteiger partial charge >= 0.3 is 6.18 Å². The van der Waals surface area contributed by atoms with Crippen molar-refractivity contribution in [3.8, 4) is 0 Å². The zero-order valence-electron chi connectivity index (χ0n) is 23.8. The maximum Gasteiger partial charge on any atom is 0.389 e. The average Bonchev–Trinajstić information content (AvgIpc) is 3.51. The molecule has 7 rings (SSSR count). The highest BCUT2D eigenvalue weighted by Gasteiger charge is 2.56. The Bertz CT molecular complexity index is 1690. The number of benzene rings is 3. The monoisotopic (exact) mass is 600 g/mol. The predicted octanol–water partition coefficient (Wildman–Crippen LogP) is 6.03. The first-order chi connectivity index (χ1) is 21.0. The molecule has 3 aromatic carbocycles. The van der Waals surface area contributed by atoms with Crippen LogP contribution in [-0.4, -0.2) is 45.7 Å². The summed E-state index contributed by atoms with van der Waals surface area (Å²) in [5.41, 5.74) is 3.11. The van der Waals surface area contributed by atoms with Gasteiger partial charge in [-0.25, -0.2) is 0 Å². The van der Waals surface area contributed by atoms with Gasteiger partial charge in [0.15, 0.2) is 0 Å². The van der Waals surface area contributed by atoms with E-state index in [1.165, 1.54) is 4.90 Å². The van der Waals surface area contributed by atoms with E-state index in [0.29, 0.717) is 44.2 Å². The summed E-state index contributed by atoms with van der Waals surface area (Å²) in [5, 5.41) is 28.1. The number of hydrogen-bond donors (Lipinski definition) is 2. The molecule has 10 heteroatoms. The smallest absolute Gasteiger partial charge is 0.389 e. The Morgan fingerprint density at radius 1 is 0.909 bits per heavy atom. The number of hydroxylamine groups is 2. The third kappa shape index (κ3) is 4.27. The Labute approximate surface area is 251 Å². The lowest BCUT2D eigenvalue weighted by atomic mass is 9.68. The first-order valence-electron chi connectivity index (χ1n) is 14.6. The first kappa shape index (κ1) is 28.4. The first-order valence-corrected chi connectivity index (χ1v) is 14.6. The highest BCUT2D eigenvalue weighted by molar-refractivity contribution is 6.22. The van der Waals surface area contributed by atoms with Crippen molar-refractivity contribution in [1.82, 2.24) is 15.3 Å². The maximum absolute atomic E-state index is 14.0. The van der Waals surface area contributed by atoms with Crippen LogP contribution in [0.5, 0.6) is 0 Å². The van der Waals surface area contributed by atoms with Crippen LogP contribution in [0.25, 0.3) is 11.3 Å². The quantitative estimate of drug-likeness (QED) is 0.347. The molecule has 3 aliphatic heterocycles. The zero-order chi connectivity index (χ0) is 31.0. The van der Waals surface area contributed by atoms with Crippen LogP contribution in [0.3, 0.4) is 0 Å². The Morgan fingerprint density at radius 2 is 1.50 bits per heavy atom. The molecular weight excluding hydrogens is 571 g/mol. The number of nitrogens with zero attached hydrogens (tertiary/aromatic N) is 2. The lowest BCUT2D eigenvalue weighted by Gasteiger charge is -2.50. The molecule has 226 valence electrons. The van der Waals surface area contributed by atoms with E-state index in [1.54, 1.807) is 66.7 Å². The fraction of sp³-hybridized carbons (Fsp3) is 0.294. The van der Waals surface area contributed by atoms with E-state index >= 15 is 0 Å². The zero-order valence-corrected chi connectivity index (χ0v) is 23.8. The van der Waals surface area contributed by atoms with E-state index in [9.17, 15) is 33.1 Å². The van der Waals surface area contributed by atoms with Crippen molar-refractivity contribution in [3.63, 3.8) is 0 Å². The number of allylic oxidation sites excluding steroid dienone is 1. The fourth-order valence-electron chi connectivity index (χ4n) is 7.38. The van der Waals surface area contributed by atoms with Gasteiger partial charge < -0.3 is 20.7 Å². The minimum absolute atomic E-state index is 0.0205. The largest absolute Gasteiger partial charge is 0.754 e. The van der Waals surface area contributed by atoms with E-state index in [2.05, 4.69) is 5.32 Å². The van der Waals surface area contributed by atoms with Crippen molar-refractivity contribution in [2.75, 3.05) is 6.54 Å². The summed E-state index contributed by atoms with van der Waals surface area (Å²) >= 11 is 0. The van der Waals surface area contributed by atoms with E-state index in [0.717, 1.165) is 0 Å². The Hall–Kier alpha value is -4.41. The average molecular weight is 601 g/mol.